The first-order chi connectivity index (χ1) is 15.5. The van der Waals surface area contributed by atoms with Crippen molar-refractivity contribution in [2.24, 2.45) is 0 Å². The molecule has 3 N–H and O–H groups in total. The maximum atomic E-state index is 6.01. The third-order valence-electron chi connectivity index (χ3n) is 4.06. The van der Waals surface area contributed by atoms with E-state index in [4.69, 9.17) is 10.5 Å². The number of thioether (sulfide) groups is 1. The predicted octanol–water partition coefficient (Wildman–Crippen LogP) is 6.61. The number of hydrogen-bond donors (Lipinski definition) is 3. The maximum Gasteiger partial charge on any atom is 0.111 e. The summed E-state index contributed by atoms with van der Waals surface area (Å²) in [5.41, 5.74) is 10.8. The molecule has 4 nitrogen and oxygen atoms in total. The van der Waals surface area contributed by atoms with Crippen molar-refractivity contribution in [3.63, 3.8) is 0 Å². The van der Waals surface area contributed by atoms with Gasteiger partial charge in [-0.25, -0.2) is 0 Å². The van der Waals surface area contributed by atoms with E-state index in [1.54, 1.807) is 39.3 Å². The molecule has 0 saturated heterocycles. The molecule has 180 valence electrons. The highest BCUT2D eigenvalue weighted by molar-refractivity contribution is 7.98. The number of anilines is 1. The molecule has 0 bridgehead atoms. The molecule has 0 aliphatic rings. The van der Waals surface area contributed by atoms with Gasteiger partial charge < -0.3 is 20.5 Å². The Morgan fingerprint density at radius 2 is 1.62 bits per heavy atom. The first kappa shape index (κ1) is 32.2. The van der Waals surface area contributed by atoms with Gasteiger partial charge in [0.15, 0.2) is 0 Å². The van der Waals surface area contributed by atoms with Gasteiger partial charge in [0.1, 0.15) is 5.76 Å². The first-order valence-electron chi connectivity index (χ1n) is 10.5. The van der Waals surface area contributed by atoms with Crippen molar-refractivity contribution in [2.75, 3.05) is 45.3 Å². The first-order valence-corrected chi connectivity index (χ1v) is 12.7. The summed E-state index contributed by atoms with van der Waals surface area (Å²) in [4.78, 5) is 0. The van der Waals surface area contributed by atoms with Crippen LogP contribution in [0.5, 0.6) is 0 Å². The summed E-state index contributed by atoms with van der Waals surface area (Å²) in [6.07, 6.45) is 4.71. The number of rotatable bonds is 9. The molecule has 0 fully saturated rings. The fourth-order valence-electron chi connectivity index (χ4n) is 2.66. The zero-order valence-corrected chi connectivity index (χ0v) is 22.5. The third-order valence-corrected chi connectivity index (χ3v) is 4.71. The van der Waals surface area contributed by atoms with Gasteiger partial charge in [0.25, 0.3) is 0 Å². The smallest absolute Gasteiger partial charge is 0.111 e. The normalized spacial score (nSPS) is 10.0. The van der Waals surface area contributed by atoms with Crippen LogP contribution in [-0.4, -0.2) is 45.6 Å². The number of nitrogen functional groups attached to an aromatic ring is 1. The van der Waals surface area contributed by atoms with Crippen LogP contribution in [0.3, 0.4) is 0 Å². The summed E-state index contributed by atoms with van der Waals surface area (Å²) in [6, 6.07) is 16.1. The molecule has 32 heavy (non-hydrogen) atoms. The second kappa shape index (κ2) is 20.9. The molecule has 2 rings (SSSR count). The van der Waals surface area contributed by atoms with Gasteiger partial charge in [-0.2, -0.15) is 24.4 Å². The van der Waals surface area contributed by atoms with Gasteiger partial charge in [-0.1, -0.05) is 63.4 Å². The Morgan fingerprint density at radius 1 is 1.06 bits per heavy atom. The van der Waals surface area contributed by atoms with Gasteiger partial charge in [-0.15, -0.1) is 0 Å². The Hall–Kier alpha value is -2.02. The van der Waals surface area contributed by atoms with Crippen molar-refractivity contribution in [3.05, 3.63) is 73.0 Å². The third kappa shape index (κ3) is 12.1. The Morgan fingerprint density at radius 3 is 2.12 bits per heavy atom. The van der Waals surface area contributed by atoms with Crippen LogP contribution >= 0.6 is 24.4 Å². The highest BCUT2D eigenvalue weighted by atomic mass is 32.2. The largest absolute Gasteiger partial charge is 0.500 e. The van der Waals surface area contributed by atoms with Gasteiger partial charge in [0, 0.05) is 31.2 Å². The van der Waals surface area contributed by atoms with E-state index < -0.39 is 0 Å². The van der Waals surface area contributed by atoms with E-state index >= 15 is 0 Å². The van der Waals surface area contributed by atoms with E-state index in [9.17, 15) is 0 Å². The second-order valence-electron chi connectivity index (χ2n) is 6.21. The Labute approximate surface area is 206 Å². The number of benzene rings is 2. The number of thiol groups is 1. The minimum absolute atomic E-state index is 0.0196. The molecule has 0 radical (unpaired) electrons. The highest BCUT2D eigenvalue weighted by Crippen LogP contribution is 2.30. The zero-order chi connectivity index (χ0) is 24.9. The molecule has 2 aromatic carbocycles. The molecule has 0 spiro atoms. The lowest BCUT2D eigenvalue weighted by Gasteiger charge is -2.23. The molecule has 1 unspecified atom stereocenters. The van der Waals surface area contributed by atoms with Crippen LogP contribution in [0.4, 0.5) is 5.69 Å². The Kier molecular flexibility index (Phi) is 21.0. The topological polar surface area (TPSA) is 56.5 Å². The highest BCUT2D eigenvalue weighted by Gasteiger charge is 2.16. The van der Waals surface area contributed by atoms with Crippen LogP contribution in [0.1, 0.15) is 25.8 Å². The van der Waals surface area contributed by atoms with Gasteiger partial charge in [-0.3, -0.25) is 0 Å². The average Bonchev–Trinajstić information content (AvgIpc) is 2.84. The molecule has 1 atom stereocenters. The van der Waals surface area contributed by atoms with Crippen molar-refractivity contribution in [3.8, 4) is 11.1 Å². The van der Waals surface area contributed by atoms with Crippen molar-refractivity contribution in [1.29, 1.82) is 0 Å². The van der Waals surface area contributed by atoms with Gasteiger partial charge in [-0.05, 0) is 47.9 Å². The lowest BCUT2D eigenvalue weighted by atomic mass is 9.97. The fraction of sp³-hybridized carbons (Fsp3) is 0.385. The molecular formula is C26H42N2O2S2. The maximum absolute atomic E-state index is 6.01. The van der Waals surface area contributed by atoms with Gasteiger partial charge >= 0.3 is 0 Å². The lowest BCUT2D eigenvalue weighted by Crippen LogP contribution is -2.30. The van der Waals surface area contributed by atoms with E-state index in [0.29, 0.717) is 5.76 Å². The van der Waals surface area contributed by atoms with Crippen LogP contribution in [-0.2, 0) is 9.47 Å². The number of hydrogen-bond acceptors (Lipinski definition) is 6. The van der Waals surface area contributed by atoms with Gasteiger partial charge in [0.05, 0.1) is 13.2 Å². The van der Waals surface area contributed by atoms with Crippen molar-refractivity contribution >= 4 is 35.8 Å². The quantitative estimate of drug-likeness (QED) is 0.215. The summed E-state index contributed by atoms with van der Waals surface area (Å²) >= 11 is 5.33. The van der Waals surface area contributed by atoms with Crippen molar-refractivity contribution in [2.45, 2.75) is 26.3 Å². The molecule has 0 aliphatic heterocycles. The number of nitrogens with one attached hydrogen (secondary N) is 1. The molecule has 0 saturated carbocycles. The van der Waals surface area contributed by atoms with Crippen LogP contribution in [0.2, 0.25) is 0 Å². The van der Waals surface area contributed by atoms with Crippen LogP contribution in [0.15, 0.2) is 67.4 Å². The van der Waals surface area contributed by atoms with Crippen molar-refractivity contribution in [1.82, 2.24) is 5.32 Å². The summed E-state index contributed by atoms with van der Waals surface area (Å²) in [7, 11) is 4.90. The van der Waals surface area contributed by atoms with Gasteiger partial charge in [0.2, 0.25) is 0 Å². The second-order valence-corrected chi connectivity index (χ2v) is 7.19. The van der Waals surface area contributed by atoms with Crippen molar-refractivity contribution < 1.29 is 9.47 Å². The molecule has 2 aromatic rings. The number of nitrogens with two attached hydrogens (primary N) is 1. The fourth-order valence-corrected chi connectivity index (χ4v) is 3.13. The molecule has 0 aromatic heterocycles. The van der Waals surface area contributed by atoms with E-state index in [0.717, 1.165) is 40.2 Å². The van der Waals surface area contributed by atoms with E-state index in [2.05, 4.69) is 54.2 Å². The Balaban J connectivity index is 0. The lowest BCUT2D eigenvalue weighted by molar-refractivity contribution is 0.258. The van der Waals surface area contributed by atoms with E-state index in [1.165, 1.54) is 0 Å². The number of methoxy groups -OCH3 is 2. The zero-order valence-electron chi connectivity index (χ0n) is 20.8. The van der Waals surface area contributed by atoms with E-state index in [-0.39, 0.29) is 6.04 Å². The van der Waals surface area contributed by atoms with Crippen LogP contribution in [0.25, 0.3) is 16.8 Å². The molecule has 0 aliphatic carbocycles. The minimum Gasteiger partial charge on any atom is -0.500 e. The molecule has 6 heteroatoms. The Bertz CT molecular complexity index is 753. The summed E-state index contributed by atoms with van der Waals surface area (Å²) in [5, 5.41) is 3.48. The summed E-state index contributed by atoms with van der Waals surface area (Å²) in [6.45, 7) is 12.3. The average molecular weight is 479 g/mol. The summed E-state index contributed by atoms with van der Waals surface area (Å²) in [5.74, 6) is 1.73. The monoisotopic (exact) mass is 478 g/mol. The molecular weight excluding hydrogens is 436 g/mol. The number of ether oxygens (including phenoxy) is 2. The molecule has 0 amide bonds. The SMILES string of the molecule is C=C(NC(CCSC)C(=C)OC)c1ccc(N)cc1-c1ccccc1.CC.COC.CS. The standard InChI is InChI=1S/C21H26N2OS.C2H6O.C2H6.CH4S/c1-15(23-21(12-13-25-4)16(2)24-3)19-11-10-18(22)14-20(19)17-8-6-5-7-9-17;1-3-2;2*1-2/h5-11,14,21,23H,1-2,12-13,22H2,3-4H3;1-2H3;1-2H3;2H,1H3. The van der Waals surface area contributed by atoms with Crippen LogP contribution in [0, 0.1) is 0 Å². The van der Waals surface area contributed by atoms with Crippen LogP contribution < -0.4 is 11.1 Å². The summed E-state index contributed by atoms with van der Waals surface area (Å²) < 4.78 is 9.60. The minimum atomic E-state index is 0.0196. The van der Waals surface area contributed by atoms with E-state index in [1.807, 2.05) is 50.2 Å². The molecule has 0 heterocycles. The predicted molar refractivity (Wildman–Crippen MR) is 151 cm³/mol.